The quantitative estimate of drug-likeness (QED) is 0.813. The summed E-state index contributed by atoms with van der Waals surface area (Å²) >= 11 is 6.35. The number of nitrogens with zero attached hydrogens (tertiary/aromatic N) is 1. The van der Waals surface area contributed by atoms with Crippen molar-refractivity contribution in [2.24, 2.45) is 0 Å². The Morgan fingerprint density at radius 2 is 1.92 bits per heavy atom. The summed E-state index contributed by atoms with van der Waals surface area (Å²) in [5, 5.41) is 7.27. The van der Waals surface area contributed by atoms with Gasteiger partial charge in [-0.2, -0.15) is 0 Å². The average Bonchev–Trinajstić information content (AvgIpc) is 2.45. The van der Waals surface area contributed by atoms with Crippen molar-refractivity contribution in [3.05, 3.63) is 23.2 Å². The number of anilines is 2. The number of nitrogens with one attached hydrogen (secondary N) is 2. The Bertz CT molecular complexity index is 599. The van der Waals surface area contributed by atoms with Gasteiger partial charge in [-0.15, -0.1) is 0 Å². The van der Waals surface area contributed by atoms with E-state index in [-0.39, 0.29) is 12.1 Å². The van der Waals surface area contributed by atoms with Gasteiger partial charge in [0.1, 0.15) is 5.60 Å². The number of hydrogen-bond donors (Lipinski definition) is 2. The van der Waals surface area contributed by atoms with Gasteiger partial charge in [0, 0.05) is 31.9 Å². The second kappa shape index (κ2) is 8.17. The molecule has 2 rings (SSSR count). The minimum Gasteiger partial charge on any atom is -0.444 e. The number of ether oxygens (including phenoxy) is 1. The molecule has 0 aromatic heterocycles. The van der Waals surface area contributed by atoms with Gasteiger partial charge in [0.15, 0.2) is 0 Å². The molecule has 2 N–H and O–H groups in total. The number of benzene rings is 1. The smallest absolute Gasteiger partial charge is 0.407 e. The molecule has 0 radical (unpaired) electrons. The van der Waals surface area contributed by atoms with E-state index in [1.165, 1.54) is 0 Å². The molecule has 140 valence electrons. The Labute approximate surface area is 156 Å². The highest BCUT2D eigenvalue weighted by Gasteiger charge is 2.25. The maximum absolute atomic E-state index is 12.0. The van der Waals surface area contributed by atoms with E-state index >= 15 is 0 Å². The van der Waals surface area contributed by atoms with E-state index in [1.54, 1.807) is 0 Å². The maximum atomic E-state index is 12.0. The van der Waals surface area contributed by atoms with E-state index in [0.29, 0.717) is 6.04 Å². The lowest BCUT2D eigenvalue weighted by Crippen LogP contribution is -2.43. The Balaban J connectivity index is 1.91. The first-order valence-electron chi connectivity index (χ1n) is 8.87. The van der Waals surface area contributed by atoms with Crippen molar-refractivity contribution >= 4 is 29.1 Å². The van der Waals surface area contributed by atoms with Crippen LogP contribution in [0.1, 0.15) is 46.5 Å². The summed E-state index contributed by atoms with van der Waals surface area (Å²) in [4.78, 5) is 14.0. The molecule has 25 heavy (non-hydrogen) atoms. The third-order valence-corrected chi connectivity index (χ3v) is 4.50. The van der Waals surface area contributed by atoms with Crippen LogP contribution in [0.5, 0.6) is 0 Å². The molecule has 1 amide bonds. The average molecular weight is 368 g/mol. The fourth-order valence-corrected chi connectivity index (χ4v) is 3.47. The Kier molecular flexibility index (Phi) is 6.44. The van der Waals surface area contributed by atoms with E-state index in [2.05, 4.69) is 10.6 Å². The highest BCUT2D eigenvalue weighted by Crippen LogP contribution is 2.29. The Hall–Kier alpha value is -1.62. The van der Waals surface area contributed by atoms with Gasteiger partial charge >= 0.3 is 6.09 Å². The van der Waals surface area contributed by atoms with Crippen molar-refractivity contribution in [1.82, 2.24) is 5.32 Å². The third kappa shape index (κ3) is 6.31. The van der Waals surface area contributed by atoms with Crippen molar-refractivity contribution in [2.45, 2.75) is 64.1 Å². The fourth-order valence-electron chi connectivity index (χ4n) is 3.12. The maximum Gasteiger partial charge on any atom is 0.407 e. The minimum absolute atomic E-state index is 0.137. The lowest BCUT2D eigenvalue weighted by Gasteiger charge is -2.31. The molecule has 5 nitrogen and oxygen atoms in total. The molecule has 1 fully saturated rings. The van der Waals surface area contributed by atoms with Crippen LogP contribution in [0.15, 0.2) is 18.2 Å². The van der Waals surface area contributed by atoms with Gasteiger partial charge in [-0.05, 0) is 64.7 Å². The van der Waals surface area contributed by atoms with Gasteiger partial charge in [0.25, 0.3) is 0 Å². The van der Waals surface area contributed by atoms with Crippen molar-refractivity contribution < 1.29 is 9.53 Å². The third-order valence-electron chi connectivity index (χ3n) is 4.20. The summed E-state index contributed by atoms with van der Waals surface area (Å²) in [6.07, 6.45) is 3.68. The van der Waals surface area contributed by atoms with E-state index in [1.807, 2.05) is 58.0 Å². The Morgan fingerprint density at radius 3 is 2.52 bits per heavy atom. The second-order valence-electron chi connectivity index (χ2n) is 7.91. The van der Waals surface area contributed by atoms with Gasteiger partial charge in [0.05, 0.1) is 10.7 Å². The van der Waals surface area contributed by atoms with Gasteiger partial charge in [-0.25, -0.2) is 4.79 Å². The molecule has 1 aromatic rings. The van der Waals surface area contributed by atoms with Gasteiger partial charge in [0.2, 0.25) is 0 Å². The number of carbonyl (C=O) groups excluding carboxylic acids is 1. The molecule has 1 aromatic carbocycles. The summed E-state index contributed by atoms with van der Waals surface area (Å²) < 4.78 is 5.35. The lowest BCUT2D eigenvalue weighted by atomic mass is 9.91. The molecule has 0 spiro atoms. The molecule has 0 bridgehead atoms. The highest BCUT2D eigenvalue weighted by atomic mass is 35.5. The van der Waals surface area contributed by atoms with Crippen molar-refractivity contribution in [2.75, 3.05) is 24.3 Å². The largest absolute Gasteiger partial charge is 0.444 e. The van der Waals surface area contributed by atoms with Crippen LogP contribution in [0.25, 0.3) is 0 Å². The molecule has 1 aliphatic rings. The number of amides is 1. The summed E-state index contributed by atoms with van der Waals surface area (Å²) in [6.45, 7) is 5.62. The molecule has 1 aliphatic carbocycles. The van der Waals surface area contributed by atoms with Crippen LogP contribution >= 0.6 is 11.6 Å². The first kappa shape index (κ1) is 19.7. The predicted octanol–water partition coefficient (Wildman–Crippen LogP) is 4.65. The van der Waals surface area contributed by atoms with Crippen LogP contribution < -0.4 is 15.5 Å². The number of hydrogen-bond acceptors (Lipinski definition) is 4. The van der Waals surface area contributed by atoms with Gasteiger partial charge in [-0.3, -0.25) is 0 Å². The lowest BCUT2D eigenvalue weighted by molar-refractivity contribution is 0.0492. The summed E-state index contributed by atoms with van der Waals surface area (Å²) in [5.41, 5.74) is 1.54. The van der Waals surface area contributed by atoms with E-state index in [9.17, 15) is 4.79 Å². The summed E-state index contributed by atoms with van der Waals surface area (Å²) in [7, 11) is 3.95. The zero-order chi connectivity index (χ0) is 18.6. The summed E-state index contributed by atoms with van der Waals surface area (Å²) in [5.74, 6) is 0. The second-order valence-corrected chi connectivity index (χ2v) is 8.32. The first-order valence-corrected chi connectivity index (χ1v) is 9.25. The molecule has 2 atom stereocenters. The van der Waals surface area contributed by atoms with E-state index in [4.69, 9.17) is 16.3 Å². The molecule has 0 saturated heterocycles. The molecule has 0 heterocycles. The molecule has 1 saturated carbocycles. The molecular weight excluding hydrogens is 338 g/mol. The zero-order valence-electron chi connectivity index (χ0n) is 15.9. The van der Waals surface area contributed by atoms with Crippen molar-refractivity contribution in [1.29, 1.82) is 0 Å². The van der Waals surface area contributed by atoms with Crippen molar-refractivity contribution in [3.8, 4) is 0 Å². The Morgan fingerprint density at radius 1 is 1.24 bits per heavy atom. The SMILES string of the molecule is CN(C)c1ccc(NC2CCCC(NC(=O)OC(C)(C)C)C2)cc1Cl. The zero-order valence-corrected chi connectivity index (χ0v) is 16.6. The van der Waals surface area contributed by atoms with Crippen LogP contribution in [-0.2, 0) is 4.74 Å². The first-order chi connectivity index (χ1) is 11.6. The van der Waals surface area contributed by atoms with E-state index < -0.39 is 5.60 Å². The highest BCUT2D eigenvalue weighted by molar-refractivity contribution is 6.33. The minimum atomic E-state index is -0.471. The molecule has 0 aliphatic heterocycles. The van der Waals surface area contributed by atoms with Crippen molar-refractivity contribution in [3.63, 3.8) is 0 Å². The molecule has 2 unspecified atom stereocenters. The topological polar surface area (TPSA) is 53.6 Å². The van der Waals surface area contributed by atoms with Gasteiger partial charge < -0.3 is 20.3 Å². The summed E-state index contributed by atoms with van der Waals surface area (Å²) in [6, 6.07) is 6.48. The van der Waals surface area contributed by atoms with Crippen LogP contribution in [0.4, 0.5) is 16.2 Å². The fraction of sp³-hybridized carbons (Fsp3) is 0.632. The van der Waals surface area contributed by atoms with Crippen LogP contribution in [0.3, 0.4) is 0 Å². The standard InChI is InChI=1S/C19H30ClN3O2/c1-19(2,3)25-18(24)22-14-8-6-7-13(11-14)21-15-9-10-17(23(4)5)16(20)12-15/h9-10,12-14,21H,6-8,11H2,1-5H3,(H,22,24). The molecule has 6 heteroatoms. The molecular formula is C19H30ClN3O2. The number of alkyl carbamates (subject to hydrolysis) is 1. The number of carbonyl (C=O) groups is 1. The van der Waals surface area contributed by atoms with Crippen LogP contribution in [0, 0.1) is 0 Å². The van der Waals surface area contributed by atoms with Crippen LogP contribution in [0.2, 0.25) is 5.02 Å². The monoisotopic (exact) mass is 367 g/mol. The predicted molar refractivity (Wildman–Crippen MR) is 105 cm³/mol. The van der Waals surface area contributed by atoms with E-state index in [0.717, 1.165) is 42.1 Å². The van der Waals surface area contributed by atoms with Gasteiger partial charge in [-0.1, -0.05) is 11.6 Å². The van der Waals surface area contributed by atoms with Crippen LogP contribution in [-0.4, -0.2) is 37.9 Å². The normalized spacial score (nSPS) is 20.7. The number of halogens is 1. The number of rotatable bonds is 4.